The van der Waals surface area contributed by atoms with Crippen molar-refractivity contribution in [2.45, 2.75) is 6.92 Å². The zero-order chi connectivity index (χ0) is 20.5. The number of rotatable bonds is 8. The van der Waals surface area contributed by atoms with Crippen LogP contribution in [0.2, 0.25) is 0 Å². The second-order valence-electron chi connectivity index (χ2n) is 5.73. The maximum absolute atomic E-state index is 11.9. The van der Waals surface area contributed by atoms with Crippen molar-refractivity contribution in [1.29, 1.82) is 0 Å². The van der Waals surface area contributed by atoms with Crippen LogP contribution in [0.15, 0.2) is 48.5 Å². The van der Waals surface area contributed by atoms with E-state index in [1.807, 2.05) is 0 Å². The molecule has 0 aliphatic carbocycles. The minimum Gasteiger partial charge on any atom is -0.497 e. The van der Waals surface area contributed by atoms with Gasteiger partial charge in [-0.15, -0.1) is 0 Å². The lowest BCUT2D eigenvalue weighted by molar-refractivity contribution is -0.142. The lowest BCUT2D eigenvalue weighted by Crippen LogP contribution is -2.20. The second kappa shape index (κ2) is 9.91. The fourth-order valence-electron chi connectivity index (χ4n) is 2.30. The molecule has 0 aliphatic rings. The quantitative estimate of drug-likeness (QED) is 0.428. The number of anilines is 1. The number of esters is 1. The number of ether oxygens (including phenoxy) is 3. The first kappa shape index (κ1) is 20.7. The first-order valence-corrected chi connectivity index (χ1v) is 8.40. The van der Waals surface area contributed by atoms with Crippen LogP contribution in [0, 0.1) is 0 Å². The summed E-state index contributed by atoms with van der Waals surface area (Å²) in [4.78, 5) is 35.0. The minimum atomic E-state index is -0.674. The minimum absolute atomic E-state index is 0.0636. The molecule has 0 aromatic heterocycles. The van der Waals surface area contributed by atoms with Crippen LogP contribution in [0.3, 0.4) is 0 Å². The van der Waals surface area contributed by atoms with E-state index in [4.69, 9.17) is 14.2 Å². The first-order valence-electron chi connectivity index (χ1n) is 8.40. The van der Waals surface area contributed by atoms with Gasteiger partial charge >= 0.3 is 5.97 Å². The average molecular weight is 383 g/mol. The van der Waals surface area contributed by atoms with Crippen molar-refractivity contribution >= 4 is 29.4 Å². The zero-order valence-corrected chi connectivity index (χ0v) is 15.9. The third-order valence-electron chi connectivity index (χ3n) is 3.76. The summed E-state index contributed by atoms with van der Waals surface area (Å²) in [5.41, 5.74) is 1.68. The van der Waals surface area contributed by atoms with E-state index in [1.54, 1.807) is 42.5 Å². The number of nitrogens with one attached hydrogen (secondary N) is 1. The lowest BCUT2D eigenvalue weighted by Gasteiger charge is -2.07. The smallest absolute Gasteiger partial charge is 0.331 e. The molecular weight excluding hydrogens is 362 g/mol. The highest BCUT2D eigenvalue weighted by Gasteiger charge is 2.08. The van der Waals surface area contributed by atoms with E-state index in [9.17, 15) is 14.4 Å². The van der Waals surface area contributed by atoms with E-state index in [-0.39, 0.29) is 5.78 Å². The van der Waals surface area contributed by atoms with Gasteiger partial charge in [-0.25, -0.2) is 4.79 Å². The summed E-state index contributed by atoms with van der Waals surface area (Å²) in [7, 11) is 3.06. The maximum atomic E-state index is 11.9. The summed E-state index contributed by atoms with van der Waals surface area (Å²) in [5.74, 6) is -0.0462. The number of benzene rings is 2. The van der Waals surface area contributed by atoms with Crippen LogP contribution in [0.25, 0.3) is 6.08 Å². The Morgan fingerprint density at radius 3 is 2.32 bits per heavy atom. The van der Waals surface area contributed by atoms with Crippen LogP contribution in [0.5, 0.6) is 11.5 Å². The molecule has 1 N–H and O–H groups in total. The zero-order valence-electron chi connectivity index (χ0n) is 15.9. The van der Waals surface area contributed by atoms with E-state index < -0.39 is 18.5 Å². The molecule has 0 radical (unpaired) electrons. The van der Waals surface area contributed by atoms with Crippen LogP contribution in [0.1, 0.15) is 22.8 Å². The fourth-order valence-corrected chi connectivity index (χ4v) is 2.30. The van der Waals surface area contributed by atoms with Gasteiger partial charge in [-0.05, 0) is 55.5 Å². The molecule has 0 saturated heterocycles. The van der Waals surface area contributed by atoms with Crippen molar-refractivity contribution in [3.63, 3.8) is 0 Å². The third-order valence-corrected chi connectivity index (χ3v) is 3.76. The number of amides is 1. The summed E-state index contributed by atoms with van der Waals surface area (Å²) < 4.78 is 15.3. The van der Waals surface area contributed by atoms with Gasteiger partial charge in [0.2, 0.25) is 0 Å². The number of carbonyl (C=O) groups excluding carboxylic acids is 3. The van der Waals surface area contributed by atoms with E-state index in [0.29, 0.717) is 28.3 Å². The number of methoxy groups -OCH3 is 2. The van der Waals surface area contributed by atoms with Gasteiger partial charge in [0.05, 0.1) is 14.2 Å². The molecule has 7 heteroatoms. The molecule has 0 unspecified atom stereocenters. The Bertz CT molecular complexity index is 886. The van der Waals surface area contributed by atoms with Crippen LogP contribution < -0.4 is 14.8 Å². The maximum Gasteiger partial charge on any atom is 0.331 e. The molecule has 0 saturated carbocycles. The van der Waals surface area contributed by atoms with Crippen molar-refractivity contribution in [3.8, 4) is 11.5 Å². The van der Waals surface area contributed by atoms with Gasteiger partial charge in [0, 0.05) is 22.9 Å². The SMILES string of the molecule is COc1ccc(OC)c(/C=C/C(=O)OCC(=O)Nc2ccc(C(C)=O)cc2)c1. The second-order valence-corrected chi connectivity index (χ2v) is 5.73. The normalized spacial score (nSPS) is 10.4. The molecule has 0 spiro atoms. The average Bonchev–Trinajstić information content (AvgIpc) is 2.70. The predicted molar refractivity (Wildman–Crippen MR) is 105 cm³/mol. The van der Waals surface area contributed by atoms with Crippen molar-refractivity contribution in [2.24, 2.45) is 0 Å². The molecule has 0 bridgehead atoms. The Labute approximate surface area is 162 Å². The highest BCUT2D eigenvalue weighted by molar-refractivity contribution is 5.96. The number of carbonyl (C=O) groups is 3. The molecule has 28 heavy (non-hydrogen) atoms. The van der Waals surface area contributed by atoms with Gasteiger partial charge in [-0.1, -0.05) is 0 Å². The molecule has 7 nitrogen and oxygen atoms in total. The van der Waals surface area contributed by atoms with Gasteiger partial charge in [-0.3, -0.25) is 9.59 Å². The van der Waals surface area contributed by atoms with Crippen LogP contribution in [-0.4, -0.2) is 38.5 Å². The summed E-state index contributed by atoms with van der Waals surface area (Å²) in [5, 5.41) is 2.58. The Balaban J connectivity index is 1.88. The van der Waals surface area contributed by atoms with Crippen LogP contribution in [0.4, 0.5) is 5.69 Å². The Hall–Kier alpha value is -3.61. The van der Waals surface area contributed by atoms with Crippen LogP contribution >= 0.6 is 0 Å². The Morgan fingerprint density at radius 1 is 1.00 bits per heavy atom. The highest BCUT2D eigenvalue weighted by Crippen LogP contribution is 2.25. The first-order chi connectivity index (χ1) is 13.4. The number of ketones is 1. The van der Waals surface area contributed by atoms with Gasteiger partial charge in [0.15, 0.2) is 12.4 Å². The van der Waals surface area contributed by atoms with Crippen molar-refractivity contribution in [2.75, 3.05) is 26.1 Å². The van der Waals surface area contributed by atoms with Gasteiger partial charge in [0.1, 0.15) is 11.5 Å². The third kappa shape index (κ3) is 5.98. The largest absolute Gasteiger partial charge is 0.497 e. The number of hydrogen-bond acceptors (Lipinski definition) is 6. The van der Waals surface area contributed by atoms with E-state index in [0.717, 1.165) is 0 Å². The summed E-state index contributed by atoms with van der Waals surface area (Å²) in [6.45, 7) is 1.02. The predicted octanol–water partition coefficient (Wildman–Crippen LogP) is 3.10. The van der Waals surface area contributed by atoms with Crippen LogP contribution in [-0.2, 0) is 14.3 Å². The highest BCUT2D eigenvalue weighted by atomic mass is 16.5. The van der Waals surface area contributed by atoms with E-state index in [2.05, 4.69) is 5.32 Å². The Morgan fingerprint density at radius 2 is 1.71 bits per heavy atom. The molecule has 146 valence electrons. The monoisotopic (exact) mass is 383 g/mol. The lowest BCUT2D eigenvalue weighted by atomic mass is 10.1. The molecular formula is C21H21NO6. The molecule has 0 heterocycles. The standard InChI is InChI=1S/C21H21NO6/c1-14(23)15-4-7-17(8-5-15)22-20(24)13-28-21(25)11-6-16-12-18(26-2)9-10-19(16)27-3/h4-12H,13H2,1-3H3,(H,22,24)/b11-6+. The summed E-state index contributed by atoms with van der Waals surface area (Å²) in [6, 6.07) is 11.6. The van der Waals surface area contributed by atoms with E-state index >= 15 is 0 Å². The summed E-state index contributed by atoms with van der Waals surface area (Å²) >= 11 is 0. The molecule has 2 aromatic carbocycles. The van der Waals surface area contributed by atoms with Gasteiger partial charge in [-0.2, -0.15) is 0 Å². The number of Topliss-reactive ketones (excluding diaryl/α,β-unsaturated/α-hetero) is 1. The molecule has 1 amide bonds. The van der Waals surface area contributed by atoms with Gasteiger partial charge < -0.3 is 19.5 Å². The van der Waals surface area contributed by atoms with Crippen molar-refractivity contribution in [1.82, 2.24) is 0 Å². The molecule has 2 aromatic rings. The molecule has 2 rings (SSSR count). The topological polar surface area (TPSA) is 90.9 Å². The molecule has 0 atom stereocenters. The van der Waals surface area contributed by atoms with Gasteiger partial charge in [0.25, 0.3) is 5.91 Å². The number of hydrogen-bond donors (Lipinski definition) is 1. The summed E-state index contributed by atoms with van der Waals surface area (Å²) in [6.07, 6.45) is 2.72. The molecule has 0 aliphatic heterocycles. The Kier molecular flexibility index (Phi) is 7.33. The van der Waals surface area contributed by atoms with Crippen molar-refractivity contribution < 1.29 is 28.6 Å². The van der Waals surface area contributed by atoms with E-state index in [1.165, 1.54) is 33.3 Å². The molecule has 0 fully saturated rings. The fraction of sp³-hybridized carbons (Fsp3) is 0.190. The van der Waals surface area contributed by atoms with Crippen molar-refractivity contribution in [3.05, 3.63) is 59.7 Å².